The number of nitrogens with one attached hydrogen (secondary N) is 2. The van der Waals surface area contributed by atoms with Crippen molar-refractivity contribution in [3.63, 3.8) is 0 Å². The Labute approximate surface area is 149 Å². The Morgan fingerprint density at radius 3 is 2.96 bits per heavy atom. The van der Waals surface area contributed by atoms with Crippen LogP contribution in [0.5, 0.6) is 0 Å². The largest absolute Gasteiger partial charge is 0.321 e. The van der Waals surface area contributed by atoms with Gasteiger partial charge in [0.05, 0.1) is 11.6 Å². The van der Waals surface area contributed by atoms with Crippen molar-refractivity contribution < 1.29 is 14.1 Å². The van der Waals surface area contributed by atoms with Gasteiger partial charge in [-0.15, -0.1) is 11.3 Å². The first-order valence-electron chi connectivity index (χ1n) is 8.27. The minimum atomic E-state index is -0.477. The monoisotopic (exact) mass is 365 g/mol. The van der Waals surface area contributed by atoms with Crippen LogP contribution in [0, 0.1) is 11.7 Å². The predicted molar refractivity (Wildman–Crippen MR) is 94.2 cm³/mol. The SMILES string of the molecule is O=C(C[NH+]1CCc2sccc2[C@@H]1C1CC1)Nc1ccc(F)c(Cl)c1. The van der Waals surface area contributed by atoms with Gasteiger partial charge in [0.1, 0.15) is 11.9 Å². The average molecular weight is 366 g/mol. The van der Waals surface area contributed by atoms with Gasteiger partial charge in [-0.3, -0.25) is 4.79 Å². The molecular formula is C18H19ClFN2OS+. The van der Waals surface area contributed by atoms with Crippen LogP contribution in [0.4, 0.5) is 10.1 Å². The van der Waals surface area contributed by atoms with Crippen LogP contribution >= 0.6 is 22.9 Å². The van der Waals surface area contributed by atoms with Gasteiger partial charge in [0, 0.05) is 28.5 Å². The maximum atomic E-state index is 13.2. The Kier molecular flexibility index (Phi) is 4.33. The number of carbonyl (C=O) groups excluding carboxylic acids is 1. The van der Waals surface area contributed by atoms with Crippen LogP contribution in [0.3, 0.4) is 0 Å². The zero-order chi connectivity index (χ0) is 16.7. The van der Waals surface area contributed by atoms with E-state index in [0.717, 1.165) is 13.0 Å². The molecule has 0 spiro atoms. The average Bonchev–Trinajstić information content (AvgIpc) is 3.27. The molecule has 2 aromatic rings. The first-order valence-corrected chi connectivity index (χ1v) is 9.53. The van der Waals surface area contributed by atoms with Crippen molar-refractivity contribution in [1.82, 2.24) is 0 Å². The van der Waals surface area contributed by atoms with Crippen LogP contribution < -0.4 is 10.2 Å². The lowest BCUT2D eigenvalue weighted by molar-refractivity contribution is -0.928. The van der Waals surface area contributed by atoms with E-state index in [4.69, 9.17) is 11.6 Å². The number of halogens is 2. The smallest absolute Gasteiger partial charge is 0.279 e. The molecule has 1 fully saturated rings. The van der Waals surface area contributed by atoms with Gasteiger partial charge < -0.3 is 10.2 Å². The van der Waals surface area contributed by atoms with Gasteiger partial charge in [0.2, 0.25) is 0 Å². The number of benzene rings is 1. The molecule has 126 valence electrons. The van der Waals surface area contributed by atoms with Crippen LogP contribution in [-0.4, -0.2) is 19.0 Å². The molecule has 1 unspecified atom stereocenters. The fourth-order valence-corrected chi connectivity index (χ4v) is 4.79. The summed E-state index contributed by atoms with van der Waals surface area (Å²) in [7, 11) is 0. The van der Waals surface area contributed by atoms with Gasteiger partial charge in [0.25, 0.3) is 5.91 Å². The molecule has 4 rings (SSSR count). The van der Waals surface area contributed by atoms with E-state index in [1.165, 1.54) is 40.3 Å². The maximum absolute atomic E-state index is 13.2. The molecule has 1 aliphatic carbocycles. The highest BCUT2D eigenvalue weighted by Crippen LogP contribution is 2.42. The van der Waals surface area contributed by atoms with Crippen LogP contribution in [-0.2, 0) is 11.2 Å². The van der Waals surface area contributed by atoms with Crippen molar-refractivity contribution >= 4 is 34.5 Å². The summed E-state index contributed by atoms with van der Waals surface area (Å²) in [6, 6.07) is 6.95. The first-order chi connectivity index (χ1) is 11.6. The van der Waals surface area contributed by atoms with Crippen molar-refractivity contribution in [2.45, 2.75) is 25.3 Å². The van der Waals surface area contributed by atoms with E-state index < -0.39 is 5.82 Å². The van der Waals surface area contributed by atoms with E-state index in [1.807, 2.05) is 11.3 Å². The van der Waals surface area contributed by atoms with Crippen molar-refractivity contribution in [2.24, 2.45) is 5.92 Å². The van der Waals surface area contributed by atoms with Crippen LogP contribution in [0.1, 0.15) is 29.3 Å². The Hall–Kier alpha value is -1.43. The zero-order valence-electron chi connectivity index (χ0n) is 13.1. The fraction of sp³-hybridized carbons (Fsp3) is 0.389. The summed E-state index contributed by atoms with van der Waals surface area (Å²) < 4.78 is 13.2. The molecule has 1 aliphatic heterocycles. The van der Waals surface area contributed by atoms with Crippen molar-refractivity contribution in [2.75, 3.05) is 18.4 Å². The van der Waals surface area contributed by atoms with Crippen molar-refractivity contribution in [1.29, 1.82) is 0 Å². The van der Waals surface area contributed by atoms with Gasteiger partial charge in [-0.1, -0.05) is 11.6 Å². The minimum absolute atomic E-state index is 0.0249. The molecule has 0 bridgehead atoms. The summed E-state index contributed by atoms with van der Waals surface area (Å²) >= 11 is 7.61. The Morgan fingerprint density at radius 2 is 2.21 bits per heavy atom. The molecule has 2 N–H and O–H groups in total. The summed E-state index contributed by atoms with van der Waals surface area (Å²) in [6.07, 6.45) is 3.57. The van der Waals surface area contributed by atoms with Crippen LogP contribution in [0.25, 0.3) is 0 Å². The number of rotatable bonds is 4. The second kappa shape index (κ2) is 6.47. The molecule has 1 saturated carbocycles. The highest BCUT2D eigenvalue weighted by Gasteiger charge is 2.43. The molecule has 2 atom stereocenters. The molecule has 0 saturated heterocycles. The molecule has 6 heteroatoms. The number of thiophene rings is 1. The second-order valence-corrected chi connectivity index (χ2v) is 8.03. The highest BCUT2D eigenvalue weighted by molar-refractivity contribution is 7.10. The van der Waals surface area contributed by atoms with E-state index >= 15 is 0 Å². The van der Waals surface area contributed by atoms with Crippen LogP contribution in [0.15, 0.2) is 29.6 Å². The molecule has 2 aliphatic rings. The van der Waals surface area contributed by atoms with Crippen molar-refractivity contribution in [3.05, 3.63) is 50.9 Å². The number of quaternary nitrogens is 1. The number of carbonyl (C=O) groups is 1. The third-order valence-electron chi connectivity index (χ3n) is 4.91. The van der Waals surface area contributed by atoms with Gasteiger partial charge in [-0.2, -0.15) is 0 Å². The molecule has 1 aromatic carbocycles. The van der Waals surface area contributed by atoms with E-state index in [0.29, 0.717) is 24.2 Å². The van der Waals surface area contributed by atoms with Gasteiger partial charge in [-0.25, -0.2) is 4.39 Å². The Bertz CT molecular complexity index is 774. The number of fused-ring (bicyclic) bond motifs is 1. The van der Waals surface area contributed by atoms with Gasteiger partial charge in [-0.05, 0) is 42.5 Å². The molecule has 3 nitrogen and oxygen atoms in total. The lowest BCUT2D eigenvalue weighted by Crippen LogP contribution is -3.14. The summed E-state index contributed by atoms with van der Waals surface area (Å²) in [6.45, 7) is 1.43. The molecule has 24 heavy (non-hydrogen) atoms. The minimum Gasteiger partial charge on any atom is -0.321 e. The summed E-state index contributed by atoms with van der Waals surface area (Å²) in [5, 5.41) is 5.04. The fourth-order valence-electron chi connectivity index (χ4n) is 3.68. The highest BCUT2D eigenvalue weighted by atomic mass is 35.5. The Balaban J connectivity index is 1.46. The maximum Gasteiger partial charge on any atom is 0.279 e. The molecule has 1 aromatic heterocycles. The number of hydrogen-bond donors (Lipinski definition) is 2. The lowest BCUT2D eigenvalue weighted by atomic mass is 9.96. The van der Waals surface area contributed by atoms with E-state index in [9.17, 15) is 9.18 Å². The number of hydrogen-bond acceptors (Lipinski definition) is 2. The molecule has 2 heterocycles. The topological polar surface area (TPSA) is 33.5 Å². The standard InChI is InChI=1S/C18H18ClFN2OS/c19-14-9-12(3-4-15(14)20)21-17(23)10-22-7-5-16-13(6-8-24-16)18(22)11-1-2-11/h3-4,6,8-9,11,18H,1-2,5,7,10H2,(H,21,23)/p+1/t18-/m0/s1. The summed E-state index contributed by atoms with van der Waals surface area (Å²) in [5.74, 6) is 0.189. The molecular weight excluding hydrogens is 347 g/mol. The third kappa shape index (κ3) is 3.21. The molecule has 1 amide bonds. The second-order valence-electron chi connectivity index (χ2n) is 6.63. The summed E-state index contributed by atoms with van der Waals surface area (Å²) in [5.41, 5.74) is 1.99. The van der Waals surface area contributed by atoms with Crippen LogP contribution in [0.2, 0.25) is 5.02 Å². The predicted octanol–water partition coefficient (Wildman–Crippen LogP) is 3.07. The van der Waals surface area contributed by atoms with E-state index in [2.05, 4.69) is 16.8 Å². The molecule has 0 radical (unpaired) electrons. The van der Waals surface area contributed by atoms with E-state index in [1.54, 1.807) is 6.07 Å². The van der Waals surface area contributed by atoms with E-state index in [-0.39, 0.29) is 10.9 Å². The quantitative estimate of drug-likeness (QED) is 0.857. The van der Waals surface area contributed by atoms with Gasteiger partial charge in [0.15, 0.2) is 6.54 Å². The van der Waals surface area contributed by atoms with Gasteiger partial charge >= 0.3 is 0 Å². The van der Waals surface area contributed by atoms with Crippen molar-refractivity contribution in [3.8, 4) is 0 Å². The first kappa shape index (κ1) is 16.1. The Morgan fingerprint density at radius 1 is 1.38 bits per heavy atom. The summed E-state index contributed by atoms with van der Waals surface area (Å²) in [4.78, 5) is 15.3. The number of amides is 1. The lowest BCUT2D eigenvalue weighted by Gasteiger charge is -2.32. The third-order valence-corrected chi connectivity index (χ3v) is 6.20. The zero-order valence-corrected chi connectivity index (χ0v) is 14.7. The normalized spacial score (nSPS) is 22.9. The number of anilines is 1.